The highest BCUT2D eigenvalue weighted by Crippen LogP contribution is 2.30. The van der Waals surface area contributed by atoms with Crippen LogP contribution >= 0.6 is 0 Å². The summed E-state index contributed by atoms with van der Waals surface area (Å²) in [5, 5.41) is 2.61. The summed E-state index contributed by atoms with van der Waals surface area (Å²) in [6.45, 7) is 0. The largest absolute Gasteiger partial charge is 0.458 e. The summed E-state index contributed by atoms with van der Waals surface area (Å²) in [7, 11) is 0. The molecule has 0 heterocycles. The van der Waals surface area contributed by atoms with Crippen LogP contribution < -0.4 is 0 Å². The number of fused-ring (bicyclic) bond motifs is 3. The van der Waals surface area contributed by atoms with E-state index in [2.05, 4.69) is 36.4 Å². The van der Waals surface area contributed by atoms with E-state index in [1.165, 1.54) is 21.9 Å². The molecule has 23 heavy (non-hydrogen) atoms. The molecule has 1 atom stereocenters. The van der Waals surface area contributed by atoms with Crippen LogP contribution in [-0.2, 0) is 17.6 Å². The van der Waals surface area contributed by atoms with E-state index in [9.17, 15) is 4.79 Å². The molecule has 1 aliphatic carbocycles. The van der Waals surface area contributed by atoms with Crippen molar-refractivity contribution < 1.29 is 9.53 Å². The molecular formula is C21H18O2. The molecule has 0 spiro atoms. The topological polar surface area (TPSA) is 26.3 Å². The maximum atomic E-state index is 12.2. The molecule has 4 rings (SSSR count). The second kappa shape index (κ2) is 5.88. The van der Waals surface area contributed by atoms with Crippen molar-refractivity contribution in [2.75, 3.05) is 0 Å². The fraction of sp³-hybridized carbons (Fsp3) is 0.190. The number of ether oxygens (including phenoxy) is 1. The average Bonchev–Trinajstić information content (AvgIpc) is 2.62. The highest BCUT2D eigenvalue weighted by Gasteiger charge is 2.23. The van der Waals surface area contributed by atoms with Crippen molar-refractivity contribution in [3.8, 4) is 0 Å². The van der Waals surface area contributed by atoms with Gasteiger partial charge in [-0.25, -0.2) is 4.79 Å². The van der Waals surface area contributed by atoms with Gasteiger partial charge in [0.25, 0.3) is 0 Å². The van der Waals surface area contributed by atoms with Gasteiger partial charge in [0.2, 0.25) is 0 Å². The SMILES string of the molecule is O=C(OC1CCc2c(ccc3ccccc23)C1)c1ccccc1. The molecule has 0 amide bonds. The highest BCUT2D eigenvalue weighted by molar-refractivity contribution is 5.89. The van der Waals surface area contributed by atoms with Crippen molar-refractivity contribution in [3.05, 3.63) is 83.4 Å². The number of hydrogen-bond donors (Lipinski definition) is 0. The molecule has 1 unspecified atom stereocenters. The Morgan fingerprint density at radius 1 is 0.913 bits per heavy atom. The van der Waals surface area contributed by atoms with Gasteiger partial charge >= 0.3 is 5.97 Å². The van der Waals surface area contributed by atoms with Crippen molar-refractivity contribution in [3.63, 3.8) is 0 Å². The Labute approximate surface area is 135 Å². The molecule has 114 valence electrons. The average molecular weight is 302 g/mol. The summed E-state index contributed by atoms with van der Waals surface area (Å²) < 4.78 is 5.71. The number of carbonyl (C=O) groups excluding carboxylic acids is 1. The van der Waals surface area contributed by atoms with Crippen molar-refractivity contribution >= 4 is 16.7 Å². The number of rotatable bonds is 2. The van der Waals surface area contributed by atoms with Gasteiger partial charge in [-0.2, -0.15) is 0 Å². The third-order valence-electron chi connectivity index (χ3n) is 4.58. The number of aryl methyl sites for hydroxylation is 1. The normalized spacial score (nSPS) is 16.8. The lowest BCUT2D eigenvalue weighted by Crippen LogP contribution is -2.25. The van der Waals surface area contributed by atoms with E-state index in [-0.39, 0.29) is 12.1 Å². The maximum Gasteiger partial charge on any atom is 0.338 e. The molecule has 1 aliphatic rings. The minimum Gasteiger partial charge on any atom is -0.458 e. The van der Waals surface area contributed by atoms with Crippen LogP contribution in [0.1, 0.15) is 27.9 Å². The fourth-order valence-corrected chi connectivity index (χ4v) is 3.41. The molecule has 0 fully saturated rings. The highest BCUT2D eigenvalue weighted by atomic mass is 16.5. The molecule has 0 radical (unpaired) electrons. The molecule has 0 aliphatic heterocycles. The molecule has 0 N–H and O–H groups in total. The first-order valence-electron chi connectivity index (χ1n) is 8.07. The molecule has 2 heteroatoms. The molecule has 0 bridgehead atoms. The quantitative estimate of drug-likeness (QED) is 0.649. The predicted octanol–water partition coefficient (Wildman–Crippen LogP) is 4.55. The number of carbonyl (C=O) groups is 1. The van der Waals surface area contributed by atoms with Crippen LogP contribution in [0.4, 0.5) is 0 Å². The first kappa shape index (κ1) is 14.0. The van der Waals surface area contributed by atoms with Gasteiger partial charge in [0, 0.05) is 6.42 Å². The standard InChI is InChI=1S/C21H18O2/c22-21(16-7-2-1-3-8-16)23-18-12-13-20-17(14-18)11-10-15-6-4-5-9-19(15)20/h1-11,18H,12-14H2. The number of benzene rings is 3. The van der Waals surface area contributed by atoms with Crippen molar-refractivity contribution in [2.24, 2.45) is 0 Å². The molecular weight excluding hydrogens is 284 g/mol. The Hall–Kier alpha value is -2.61. The Morgan fingerprint density at radius 3 is 2.57 bits per heavy atom. The summed E-state index contributed by atoms with van der Waals surface area (Å²) in [6, 6.07) is 22.1. The Bertz CT molecular complexity index is 852. The Morgan fingerprint density at radius 2 is 1.70 bits per heavy atom. The summed E-state index contributed by atoms with van der Waals surface area (Å²) in [5.74, 6) is -0.222. The van der Waals surface area contributed by atoms with Gasteiger partial charge in [-0.3, -0.25) is 0 Å². The smallest absolute Gasteiger partial charge is 0.338 e. The first-order chi connectivity index (χ1) is 11.3. The lowest BCUT2D eigenvalue weighted by molar-refractivity contribution is 0.0271. The van der Waals surface area contributed by atoms with Gasteiger partial charge in [0.15, 0.2) is 0 Å². The number of esters is 1. The van der Waals surface area contributed by atoms with Crippen LogP contribution in [-0.4, -0.2) is 12.1 Å². The van der Waals surface area contributed by atoms with Gasteiger partial charge in [-0.15, -0.1) is 0 Å². The lowest BCUT2D eigenvalue weighted by atomic mass is 9.86. The number of hydrogen-bond acceptors (Lipinski definition) is 2. The zero-order chi connectivity index (χ0) is 15.6. The summed E-state index contributed by atoms with van der Waals surface area (Å²) in [6.07, 6.45) is 2.62. The van der Waals surface area contributed by atoms with Gasteiger partial charge in [-0.1, -0.05) is 54.6 Å². The van der Waals surface area contributed by atoms with E-state index in [4.69, 9.17) is 4.74 Å². The van der Waals surface area contributed by atoms with E-state index in [1.54, 1.807) is 12.1 Å². The second-order valence-electron chi connectivity index (χ2n) is 6.06. The van der Waals surface area contributed by atoms with Crippen LogP contribution in [0.25, 0.3) is 10.8 Å². The van der Waals surface area contributed by atoms with Crippen LogP contribution in [0.3, 0.4) is 0 Å². The van der Waals surface area contributed by atoms with Gasteiger partial charge in [-0.05, 0) is 46.9 Å². The van der Waals surface area contributed by atoms with Crippen molar-refractivity contribution in [1.82, 2.24) is 0 Å². The van der Waals surface area contributed by atoms with E-state index < -0.39 is 0 Å². The third kappa shape index (κ3) is 2.72. The molecule has 0 saturated heterocycles. The first-order valence-corrected chi connectivity index (χ1v) is 8.07. The molecule has 2 nitrogen and oxygen atoms in total. The van der Waals surface area contributed by atoms with Gasteiger partial charge < -0.3 is 4.74 Å². The zero-order valence-corrected chi connectivity index (χ0v) is 12.9. The van der Waals surface area contributed by atoms with E-state index in [1.807, 2.05) is 18.2 Å². The summed E-state index contributed by atoms with van der Waals surface area (Å²) >= 11 is 0. The predicted molar refractivity (Wildman–Crippen MR) is 91.6 cm³/mol. The van der Waals surface area contributed by atoms with Crippen LogP contribution in [0.15, 0.2) is 66.7 Å². The van der Waals surface area contributed by atoms with Gasteiger partial charge in [0.1, 0.15) is 6.10 Å². The van der Waals surface area contributed by atoms with Crippen LogP contribution in [0, 0.1) is 0 Å². The fourth-order valence-electron chi connectivity index (χ4n) is 3.41. The third-order valence-corrected chi connectivity index (χ3v) is 4.58. The summed E-state index contributed by atoms with van der Waals surface area (Å²) in [4.78, 5) is 12.2. The maximum absolute atomic E-state index is 12.2. The molecule has 3 aromatic rings. The van der Waals surface area contributed by atoms with E-state index in [0.717, 1.165) is 19.3 Å². The van der Waals surface area contributed by atoms with Crippen LogP contribution in [0.5, 0.6) is 0 Å². The van der Waals surface area contributed by atoms with E-state index in [0.29, 0.717) is 5.56 Å². The Balaban J connectivity index is 1.55. The minimum absolute atomic E-state index is 0.0311. The Kier molecular flexibility index (Phi) is 3.58. The van der Waals surface area contributed by atoms with Crippen molar-refractivity contribution in [2.45, 2.75) is 25.4 Å². The van der Waals surface area contributed by atoms with E-state index >= 15 is 0 Å². The summed E-state index contributed by atoms with van der Waals surface area (Å²) in [5.41, 5.74) is 3.34. The van der Waals surface area contributed by atoms with Crippen LogP contribution in [0.2, 0.25) is 0 Å². The molecule has 0 saturated carbocycles. The second-order valence-corrected chi connectivity index (χ2v) is 6.06. The van der Waals surface area contributed by atoms with Gasteiger partial charge in [0.05, 0.1) is 5.56 Å². The molecule has 3 aromatic carbocycles. The van der Waals surface area contributed by atoms with Crippen molar-refractivity contribution in [1.29, 1.82) is 0 Å². The zero-order valence-electron chi connectivity index (χ0n) is 12.9. The monoisotopic (exact) mass is 302 g/mol. The molecule has 0 aromatic heterocycles. The lowest BCUT2D eigenvalue weighted by Gasteiger charge is -2.26. The minimum atomic E-state index is -0.222.